The Kier molecular flexibility index (Phi) is 7.14. The Morgan fingerprint density at radius 2 is 1.14 bits per heavy atom. The predicted molar refractivity (Wildman–Crippen MR) is 234 cm³/mol. The highest BCUT2D eigenvalue weighted by Gasteiger charge is 2.51. The molecular weight excluding hydrogens is 713 g/mol. The molecule has 0 radical (unpaired) electrons. The molecule has 3 heterocycles. The highest BCUT2D eigenvalue weighted by Crippen LogP contribution is 2.62. The molecule has 7 aromatic carbocycles. The van der Waals surface area contributed by atoms with Gasteiger partial charge in [-0.25, -0.2) is 9.97 Å². The number of nitrogens with zero attached hydrogens (tertiary/aromatic N) is 2. The van der Waals surface area contributed by atoms with Gasteiger partial charge in [0.1, 0.15) is 11.5 Å². The van der Waals surface area contributed by atoms with Gasteiger partial charge in [-0.05, 0) is 99.6 Å². The lowest BCUT2D eigenvalue weighted by atomic mass is 9.66. The number of para-hydroxylation sites is 1. The van der Waals surface area contributed by atoms with Crippen LogP contribution in [0.1, 0.15) is 39.1 Å². The third-order valence-corrected chi connectivity index (χ3v) is 13.2. The summed E-state index contributed by atoms with van der Waals surface area (Å²) < 4.78 is 8.02. The molecule has 4 heteroatoms. The minimum atomic E-state index is -0.522. The van der Waals surface area contributed by atoms with Crippen molar-refractivity contribution in [1.82, 2.24) is 9.97 Å². The second-order valence-electron chi connectivity index (χ2n) is 15.2. The Morgan fingerprint density at radius 1 is 0.491 bits per heavy atom. The number of aromatic nitrogens is 2. The van der Waals surface area contributed by atoms with E-state index in [4.69, 9.17) is 14.7 Å². The average molecular weight is 747 g/mol. The molecule has 2 aromatic heterocycles. The van der Waals surface area contributed by atoms with Gasteiger partial charge >= 0.3 is 0 Å². The van der Waals surface area contributed by atoms with E-state index in [0.29, 0.717) is 5.82 Å². The lowest BCUT2D eigenvalue weighted by Crippen LogP contribution is -2.32. The van der Waals surface area contributed by atoms with Gasteiger partial charge in [-0.3, -0.25) is 0 Å². The minimum Gasteiger partial charge on any atom is -0.457 e. The molecule has 0 amide bonds. The zero-order valence-corrected chi connectivity index (χ0v) is 31.8. The molecule has 0 N–H and O–H groups in total. The van der Waals surface area contributed by atoms with Crippen molar-refractivity contribution in [3.8, 4) is 67.7 Å². The molecule has 9 aromatic rings. The van der Waals surface area contributed by atoms with Crippen molar-refractivity contribution in [3.05, 3.63) is 209 Å². The smallest absolute Gasteiger partial charge is 0.160 e. The van der Waals surface area contributed by atoms with Crippen LogP contribution in [0.15, 0.2) is 176 Å². The maximum absolute atomic E-state index is 6.72. The lowest BCUT2D eigenvalue weighted by molar-refractivity contribution is 0.436. The Morgan fingerprint density at radius 3 is 1.96 bits per heavy atom. The number of aryl methyl sites for hydroxylation is 1. The summed E-state index contributed by atoms with van der Waals surface area (Å²) in [6.45, 7) is 0. The number of hydrogen-bond acceptors (Lipinski definition) is 4. The van der Waals surface area contributed by atoms with E-state index in [-0.39, 0.29) is 0 Å². The first-order valence-electron chi connectivity index (χ1n) is 19.6. The van der Waals surface area contributed by atoms with Crippen molar-refractivity contribution in [2.24, 2.45) is 0 Å². The second-order valence-corrected chi connectivity index (χ2v) is 16.2. The highest BCUT2D eigenvalue weighted by molar-refractivity contribution is 7.20. The standard InChI is InChI=1S/C53H34N2OS/c1-2-13-33(14-3-1)46-32-47(36-25-27-41-40-19-6-11-24-50(40)57-51(41)31-36)55-52(54-46)37-16-12-15-34(29-37)35-26-28-49-45(30-35)53(44-22-9-10-23-48(44)56-49)42-20-7-4-17-38(42)39-18-5-8-21-43(39)53/h1-5,7-18,20-32H,6,19H2. The Bertz CT molecular complexity index is 3080. The van der Waals surface area contributed by atoms with Crippen LogP contribution in [-0.2, 0) is 11.8 Å². The molecule has 3 nitrogen and oxygen atoms in total. The van der Waals surface area contributed by atoms with Gasteiger partial charge in [0.05, 0.1) is 16.8 Å². The maximum atomic E-state index is 6.72. The first-order chi connectivity index (χ1) is 28.2. The van der Waals surface area contributed by atoms with Gasteiger partial charge in [-0.1, -0.05) is 140 Å². The van der Waals surface area contributed by atoms with Crippen LogP contribution in [0, 0.1) is 0 Å². The molecule has 12 rings (SSSR count). The normalized spacial score (nSPS) is 14.0. The van der Waals surface area contributed by atoms with Gasteiger partial charge < -0.3 is 4.74 Å². The summed E-state index contributed by atoms with van der Waals surface area (Å²) >= 11 is 1.88. The minimum absolute atomic E-state index is 0.522. The molecule has 0 unspecified atom stereocenters. The van der Waals surface area contributed by atoms with Crippen molar-refractivity contribution in [2.45, 2.75) is 18.3 Å². The van der Waals surface area contributed by atoms with Crippen molar-refractivity contribution in [1.29, 1.82) is 0 Å². The SMILES string of the molecule is C1=Cc2sc3cc(-c4cc(-c5ccccc5)nc(-c5cccc(-c6ccc7c(c6)C6(c8ccccc8O7)c7ccccc7-c7ccccc76)c5)n4)ccc3c2CC1. The number of allylic oxidation sites excluding steroid dienone is 1. The maximum Gasteiger partial charge on any atom is 0.160 e. The second kappa shape index (κ2) is 12.6. The number of fused-ring (bicyclic) bond motifs is 12. The van der Waals surface area contributed by atoms with E-state index < -0.39 is 5.41 Å². The van der Waals surface area contributed by atoms with Crippen LogP contribution in [0.25, 0.3) is 72.3 Å². The van der Waals surface area contributed by atoms with E-state index in [1.165, 1.54) is 42.8 Å². The molecule has 57 heavy (non-hydrogen) atoms. The van der Waals surface area contributed by atoms with Gasteiger partial charge in [-0.15, -0.1) is 11.3 Å². The van der Waals surface area contributed by atoms with Crippen LogP contribution in [0.3, 0.4) is 0 Å². The molecule has 0 fully saturated rings. The van der Waals surface area contributed by atoms with Gasteiger partial charge in [0, 0.05) is 37.4 Å². The van der Waals surface area contributed by atoms with Crippen molar-refractivity contribution in [3.63, 3.8) is 0 Å². The summed E-state index contributed by atoms with van der Waals surface area (Å²) in [6.07, 6.45) is 6.78. The Labute approximate surface area is 335 Å². The quantitative estimate of drug-likeness (QED) is 0.180. The van der Waals surface area contributed by atoms with E-state index >= 15 is 0 Å². The summed E-state index contributed by atoms with van der Waals surface area (Å²) in [6, 6.07) is 61.0. The first kappa shape index (κ1) is 32.4. The molecule has 2 aliphatic carbocycles. The van der Waals surface area contributed by atoms with Gasteiger partial charge in [-0.2, -0.15) is 0 Å². The van der Waals surface area contributed by atoms with Gasteiger partial charge in [0.25, 0.3) is 0 Å². The summed E-state index contributed by atoms with van der Waals surface area (Å²) in [7, 11) is 0. The van der Waals surface area contributed by atoms with Crippen LogP contribution >= 0.6 is 11.3 Å². The number of hydrogen-bond donors (Lipinski definition) is 0. The van der Waals surface area contributed by atoms with Crippen molar-refractivity contribution < 1.29 is 4.74 Å². The number of benzene rings is 7. The van der Waals surface area contributed by atoms with Crippen molar-refractivity contribution in [2.75, 3.05) is 0 Å². The predicted octanol–water partition coefficient (Wildman–Crippen LogP) is 13.8. The van der Waals surface area contributed by atoms with E-state index in [9.17, 15) is 0 Å². The summed E-state index contributed by atoms with van der Waals surface area (Å²) in [5.74, 6) is 2.47. The summed E-state index contributed by atoms with van der Waals surface area (Å²) in [5, 5.41) is 1.36. The molecule has 0 bridgehead atoms. The van der Waals surface area contributed by atoms with E-state index in [0.717, 1.165) is 74.7 Å². The van der Waals surface area contributed by atoms with E-state index in [1.54, 1.807) is 0 Å². The third kappa shape index (κ3) is 4.90. The van der Waals surface area contributed by atoms with E-state index in [1.807, 2.05) is 17.4 Å². The fraction of sp³-hybridized carbons (Fsp3) is 0.0566. The lowest BCUT2D eigenvalue weighted by Gasteiger charge is -2.39. The monoisotopic (exact) mass is 746 g/mol. The molecule has 0 saturated carbocycles. The Hall–Kier alpha value is -6.88. The molecule has 1 spiro atoms. The zero-order chi connectivity index (χ0) is 37.5. The zero-order valence-electron chi connectivity index (χ0n) is 30.9. The van der Waals surface area contributed by atoms with Crippen LogP contribution in [0.4, 0.5) is 0 Å². The summed E-state index contributed by atoms with van der Waals surface area (Å²) in [5.41, 5.74) is 15.5. The highest BCUT2D eigenvalue weighted by atomic mass is 32.1. The average Bonchev–Trinajstić information content (AvgIpc) is 3.80. The number of ether oxygens (including phenoxy) is 1. The molecule has 1 aliphatic heterocycles. The molecule has 0 atom stereocenters. The fourth-order valence-corrected chi connectivity index (χ4v) is 10.7. The molecule has 3 aliphatic rings. The first-order valence-corrected chi connectivity index (χ1v) is 20.4. The van der Waals surface area contributed by atoms with Crippen molar-refractivity contribution >= 4 is 27.5 Å². The van der Waals surface area contributed by atoms with E-state index in [2.05, 4.69) is 176 Å². The number of rotatable bonds is 4. The number of thiophene rings is 1. The van der Waals surface area contributed by atoms with Crippen LogP contribution in [-0.4, -0.2) is 9.97 Å². The van der Waals surface area contributed by atoms with Gasteiger partial charge in [0.15, 0.2) is 5.82 Å². The van der Waals surface area contributed by atoms with Crippen LogP contribution in [0.2, 0.25) is 0 Å². The molecular formula is C53H34N2OS. The van der Waals surface area contributed by atoms with Crippen LogP contribution in [0.5, 0.6) is 11.5 Å². The van der Waals surface area contributed by atoms with Crippen LogP contribution < -0.4 is 4.74 Å². The fourth-order valence-electron chi connectivity index (χ4n) is 9.49. The molecule has 0 saturated heterocycles. The largest absolute Gasteiger partial charge is 0.457 e. The summed E-state index contributed by atoms with van der Waals surface area (Å²) in [4.78, 5) is 11.9. The topological polar surface area (TPSA) is 35.0 Å². The Balaban J connectivity index is 1.01. The van der Waals surface area contributed by atoms with Gasteiger partial charge in [0.2, 0.25) is 0 Å². The third-order valence-electron chi connectivity index (χ3n) is 12.0. The molecule has 268 valence electrons.